The Labute approximate surface area is 143 Å². The number of hydrogen-bond acceptors (Lipinski definition) is 6. The summed E-state index contributed by atoms with van der Waals surface area (Å²) in [5.74, 6) is -2.32. The fourth-order valence-electron chi connectivity index (χ4n) is 1.81. The molecule has 1 aromatic rings. The van der Waals surface area contributed by atoms with Crippen LogP contribution in [0.15, 0.2) is 28.7 Å². The summed E-state index contributed by atoms with van der Waals surface area (Å²) in [6.07, 6.45) is 0. The van der Waals surface area contributed by atoms with Crippen molar-refractivity contribution < 1.29 is 22.7 Å². The smallest absolute Gasteiger partial charge is 0.324 e. The largest absolute Gasteiger partial charge is 0.468 e. The highest BCUT2D eigenvalue weighted by Crippen LogP contribution is 2.13. The van der Waals surface area contributed by atoms with Gasteiger partial charge < -0.3 is 15.8 Å². The predicted octanol–water partition coefficient (Wildman–Crippen LogP) is 0.369. The molecule has 1 rings (SSSR count). The number of amides is 1. The molecular formula is C14H19BrN2O5S. The molecule has 3 N–H and O–H groups in total. The van der Waals surface area contributed by atoms with Gasteiger partial charge in [-0.15, -0.1) is 0 Å². The lowest BCUT2D eigenvalue weighted by Crippen LogP contribution is -2.51. The van der Waals surface area contributed by atoms with Crippen molar-refractivity contribution in [1.82, 2.24) is 5.32 Å². The first kappa shape index (κ1) is 19.6. The van der Waals surface area contributed by atoms with Crippen molar-refractivity contribution in [3.05, 3.63) is 34.3 Å². The molecule has 9 heteroatoms. The lowest BCUT2D eigenvalue weighted by atomic mass is 10.1. The van der Waals surface area contributed by atoms with Gasteiger partial charge in [0.25, 0.3) is 0 Å². The molecule has 0 heterocycles. The number of halogens is 1. The zero-order valence-corrected chi connectivity index (χ0v) is 15.2. The normalized spacial score (nSPS) is 13.9. The van der Waals surface area contributed by atoms with E-state index in [2.05, 4.69) is 26.0 Å². The van der Waals surface area contributed by atoms with E-state index >= 15 is 0 Å². The summed E-state index contributed by atoms with van der Waals surface area (Å²) >= 11 is 3.26. The van der Waals surface area contributed by atoms with Crippen LogP contribution in [0.5, 0.6) is 0 Å². The Hall–Kier alpha value is -1.45. The second-order valence-corrected chi connectivity index (χ2v) is 8.04. The van der Waals surface area contributed by atoms with Gasteiger partial charge in [0.05, 0.1) is 18.9 Å². The van der Waals surface area contributed by atoms with E-state index in [0.717, 1.165) is 4.47 Å². The third-order valence-corrected chi connectivity index (χ3v) is 5.06. The third-order valence-electron chi connectivity index (χ3n) is 3.05. The molecule has 1 amide bonds. The molecule has 7 nitrogen and oxygen atoms in total. The van der Waals surface area contributed by atoms with Crippen LogP contribution in [0, 0.1) is 0 Å². The van der Waals surface area contributed by atoms with Crippen molar-refractivity contribution in [2.24, 2.45) is 5.73 Å². The van der Waals surface area contributed by atoms with Crippen LogP contribution in [0.2, 0.25) is 0 Å². The minimum absolute atomic E-state index is 0.245. The van der Waals surface area contributed by atoms with Crippen LogP contribution >= 0.6 is 15.9 Å². The van der Waals surface area contributed by atoms with Crippen molar-refractivity contribution in [1.29, 1.82) is 0 Å². The lowest BCUT2D eigenvalue weighted by Gasteiger charge is -2.19. The summed E-state index contributed by atoms with van der Waals surface area (Å²) < 4.78 is 29.4. The fourth-order valence-corrected chi connectivity index (χ4v) is 3.36. The van der Waals surface area contributed by atoms with Crippen LogP contribution in [0.3, 0.4) is 0 Å². The third kappa shape index (κ3) is 6.67. The van der Waals surface area contributed by atoms with Crippen molar-refractivity contribution >= 4 is 37.6 Å². The van der Waals surface area contributed by atoms with E-state index in [9.17, 15) is 18.0 Å². The van der Waals surface area contributed by atoms with E-state index in [1.54, 1.807) is 24.3 Å². The monoisotopic (exact) mass is 406 g/mol. The van der Waals surface area contributed by atoms with Gasteiger partial charge in [-0.25, -0.2) is 8.42 Å². The maximum absolute atomic E-state index is 12.0. The lowest BCUT2D eigenvalue weighted by molar-refractivity contribution is -0.142. The molecule has 0 radical (unpaired) electrons. The van der Waals surface area contributed by atoms with E-state index in [1.165, 1.54) is 14.0 Å². The Kier molecular flexibility index (Phi) is 7.17. The number of nitrogens with one attached hydrogen (secondary N) is 1. The maximum Gasteiger partial charge on any atom is 0.324 e. The maximum atomic E-state index is 12.0. The van der Waals surface area contributed by atoms with E-state index in [4.69, 9.17) is 5.73 Å². The Balaban J connectivity index is 2.61. The SMILES string of the molecule is COC(=O)[C@@H](N)[C@@H](C)NC(=O)CS(=O)(=O)Cc1ccc(Br)cc1. The molecule has 23 heavy (non-hydrogen) atoms. The van der Waals surface area contributed by atoms with Crippen LogP contribution in [-0.4, -0.2) is 45.2 Å². The standard InChI is InChI=1S/C14H19BrN2O5S/c1-9(13(16)14(19)22-2)17-12(18)8-23(20,21)7-10-3-5-11(15)6-4-10/h3-6,9,13H,7-8,16H2,1-2H3,(H,17,18)/t9-,13+/m1/s1. The number of ether oxygens (including phenoxy) is 1. The van der Waals surface area contributed by atoms with E-state index in [1.807, 2.05) is 0 Å². The van der Waals surface area contributed by atoms with Crippen molar-refractivity contribution in [2.75, 3.05) is 12.9 Å². The molecule has 0 aromatic heterocycles. The molecular weight excluding hydrogens is 388 g/mol. The minimum Gasteiger partial charge on any atom is -0.468 e. The number of nitrogens with two attached hydrogens (primary N) is 1. The van der Waals surface area contributed by atoms with Gasteiger partial charge in [0.2, 0.25) is 5.91 Å². The van der Waals surface area contributed by atoms with Gasteiger partial charge in [-0.2, -0.15) is 0 Å². The number of methoxy groups -OCH3 is 1. The van der Waals surface area contributed by atoms with E-state index < -0.39 is 39.6 Å². The molecule has 128 valence electrons. The van der Waals surface area contributed by atoms with E-state index in [0.29, 0.717) is 5.56 Å². The molecule has 0 aliphatic rings. The minimum atomic E-state index is -3.63. The molecule has 0 aliphatic carbocycles. The van der Waals surface area contributed by atoms with Gasteiger partial charge in [0, 0.05) is 4.47 Å². The highest BCUT2D eigenvalue weighted by Gasteiger charge is 2.25. The van der Waals surface area contributed by atoms with Gasteiger partial charge >= 0.3 is 5.97 Å². The summed E-state index contributed by atoms with van der Waals surface area (Å²) in [5.41, 5.74) is 6.16. The molecule has 0 aliphatic heterocycles. The van der Waals surface area contributed by atoms with E-state index in [-0.39, 0.29) is 5.75 Å². The Morgan fingerprint density at radius 2 is 1.87 bits per heavy atom. The van der Waals surface area contributed by atoms with Gasteiger partial charge in [0.1, 0.15) is 11.8 Å². The molecule has 0 fully saturated rings. The highest BCUT2D eigenvalue weighted by molar-refractivity contribution is 9.10. The zero-order chi connectivity index (χ0) is 17.6. The van der Waals surface area contributed by atoms with Gasteiger partial charge in [-0.1, -0.05) is 28.1 Å². The first-order valence-electron chi connectivity index (χ1n) is 6.72. The zero-order valence-electron chi connectivity index (χ0n) is 12.8. The number of esters is 1. The summed E-state index contributed by atoms with van der Waals surface area (Å²) in [4.78, 5) is 23.1. The first-order valence-corrected chi connectivity index (χ1v) is 9.33. The number of benzene rings is 1. The Morgan fingerprint density at radius 3 is 2.39 bits per heavy atom. The first-order chi connectivity index (χ1) is 10.6. The van der Waals surface area contributed by atoms with Crippen molar-refractivity contribution in [3.63, 3.8) is 0 Å². The number of carbonyl (C=O) groups excluding carboxylic acids is 2. The number of hydrogen-bond donors (Lipinski definition) is 2. The predicted molar refractivity (Wildman–Crippen MR) is 89.2 cm³/mol. The van der Waals surface area contributed by atoms with Crippen LogP contribution in [0.4, 0.5) is 0 Å². The number of carbonyl (C=O) groups is 2. The molecule has 0 saturated heterocycles. The second-order valence-electron chi connectivity index (χ2n) is 5.06. The molecule has 1 aromatic carbocycles. The summed E-state index contributed by atoms with van der Waals surface area (Å²) in [6, 6.07) is 4.98. The highest BCUT2D eigenvalue weighted by atomic mass is 79.9. The molecule has 0 spiro atoms. The summed E-state index contributed by atoms with van der Waals surface area (Å²) in [6.45, 7) is 1.50. The second kappa shape index (κ2) is 8.42. The van der Waals surface area contributed by atoms with Crippen molar-refractivity contribution in [2.45, 2.75) is 24.8 Å². The average molecular weight is 407 g/mol. The van der Waals surface area contributed by atoms with Gasteiger partial charge in [0.15, 0.2) is 9.84 Å². The molecule has 0 bridgehead atoms. The van der Waals surface area contributed by atoms with Crippen molar-refractivity contribution in [3.8, 4) is 0 Å². The Bertz CT molecular complexity index is 660. The topological polar surface area (TPSA) is 116 Å². The van der Waals surface area contributed by atoms with Crippen LogP contribution in [0.1, 0.15) is 12.5 Å². The number of sulfone groups is 1. The molecule has 0 saturated carbocycles. The van der Waals surface area contributed by atoms with Crippen LogP contribution in [-0.2, 0) is 29.9 Å². The summed E-state index contributed by atoms with van der Waals surface area (Å²) in [5, 5.41) is 2.39. The van der Waals surface area contributed by atoms with Crippen LogP contribution < -0.4 is 11.1 Å². The average Bonchev–Trinajstić information content (AvgIpc) is 2.46. The fraction of sp³-hybridized carbons (Fsp3) is 0.429. The quantitative estimate of drug-likeness (QED) is 0.631. The molecule has 0 unspecified atom stereocenters. The van der Waals surface area contributed by atoms with Crippen LogP contribution in [0.25, 0.3) is 0 Å². The molecule has 2 atom stereocenters. The Morgan fingerprint density at radius 1 is 1.30 bits per heavy atom. The summed E-state index contributed by atoms with van der Waals surface area (Å²) in [7, 11) is -2.45. The van der Waals surface area contributed by atoms with Gasteiger partial charge in [-0.3, -0.25) is 9.59 Å². The number of rotatable bonds is 7. The van der Waals surface area contributed by atoms with Gasteiger partial charge in [-0.05, 0) is 24.6 Å².